The molecule has 1 rings (SSSR count). The van der Waals surface area contributed by atoms with Crippen molar-refractivity contribution in [3.8, 4) is 0 Å². The molecule has 4 nitrogen and oxygen atoms in total. The van der Waals surface area contributed by atoms with Gasteiger partial charge in [0.1, 0.15) is 5.82 Å². The van der Waals surface area contributed by atoms with Crippen LogP contribution in [-0.2, 0) is 0 Å². The van der Waals surface area contributed by atoms with Crippen LogP contribution < -0.4 is 4.90 Å². The van der Waals surface area contributed by atoms with Crippen LogP contribution in [0.15, 0.2) is 12.3 Å². The average Bonchev–Trinajstić information content (AvgIpc) is 2.26. The van der Waals surface area contributed by atoms with Crippen LogP contribution in [0.3, 0.4) is 0 Å². The second kappa shape index (κ2) is 5.85. The lowest BCUT2D eigenvalue weighted by Gasteiger charge is -2.28. The third-order valence-electron chi connectivity index (χ3n) is 3.11. The molecule has 1 aromatic heterocycles. The van der Waals surface area contributed by atoms with Crippen molar-refractivity contribution in [2.45, 2.75) is 40.2 Å². The Labute approximate surface area is 109 Å². The Morgan fingerprint density at radius 3 is 2.50 bits per heavy atom. The largest absolute Gasteiger partial charge is 0.478 e. The SMILES string of the molecule is Cc1cc(C(=O)O)cnc1N(C)C(C)CC(C)C. The molecule has 0 saturated heterocycles. The number of nitrogens with zero attached hydrogens (tertiary/aromatic N) is 2. The van der Waals surface area contributed by atoms with Crippen molar-refractivity contribution in [3.05, 3.63) is 23.4 Å². The molecular formula is C14H22N2O2. The molecule has 0 amide bonds. The maximum atomic E-state index is 10.9. The van der Waals surface area contributed by atoms with Gasteiger partial charge in [-0.2, -0.15) is 0 Å². The zero-order valence-electron chi connectivity index (χ0n) is 11.8. The molecule has 1 atom stereocenters. The number of aromatic nitrogens is 1. The Hall–Kier alpha value is -1.58. The van der Waals surface area contributed by atoms with Crippen LogP contribution in [0.1, 0.15) is 43.1 Å². The molecule has 0 aliphatic heterocycles. The van der Waals surface area contributed by atoms with Crippen LogP contribution in [0, 0.1) is 12.8 Å². The summed E-state index contributed by atoms with van der Waals surface area (Å²) in [6, 6.07) is 2.05. The molecule has 4 heteroatoms. The third kappa shape index (κ3) is 3.45. The van der Waals surface area contributed by atoms with Gasteiger partial charge in [-0.05, 0) is 37.8 Å². The molecule has 0 aromatic carbocycles. The van der Waals surface area contributed by atoms with Gasteiger partial charge < -0.3 is 10.0 Å². The molecule has 0 spiro atoms. The highest BCUT2D eigenvalue weighted by molar-refractivity contribution is 5.87. The highest BCUT2D eigenvalue weighted by atomic mass is 16.4. The summed E-state index contributed by atoms with van der Waals surface area (Å²) in [4.78, 5) is 17.2. The summed E-state index contributed by atoms with van der Waals surface area (Å²) in [7, 11) is 2.00. The summed E-state index contributed by atoms with van der Waals surface area (Å²) in [5.41, 5.74) is 1.13. The number of rotatable bonds is 5. The molecule has 0 aliphatic rings. The van der Waals surface area contributed by atoms with Gasteiger partial charge in [-0.15, -0.1) is 0 Å². The Morgan fingerprint density at radius 2 is 2.06 bits per heavy atom. The summed E-state index contributed by atoms with van der Waals surface area (Å²) >= 11 is 0. The quantitative estimate of drug-likeness (QED) is 0.873. The fraction of sp³-hybridized carbons (Fsp3) is 0.571. The minimum absolute atomic E-state index is 0.237. The summed E-state index contributed by atoms with van der Waals surface area (Å²) in [6.07, 6.45) is 2.50. The van der Waals surface area contributed by atoms with E-state index in [0.717, 1.165) is 17.8 Å². The zero-order chi connectivity index (χ0) is 13.9. The van der Waals surface area contributed by atoms with Crippen LogP contribution in [-0.4, -0.2) is 29.1 Å². The van der Waals surface area contributed by atoms with Crippen molar-refractivity contribution in [2.75, 3.05) is 11.9 Å². The molecule has 0 bridgehead atoms. The maximum Gasteiger partial charge on any atom is 0.337 e. The van der Waals surface area contributed by atoms with Crippen molar-refractivity contribution < 1.29 is 9.90 Å². The second-order valence-electron chi connectivity index (χ2n) is 5.26. The van der Waals surface area contributed by atoms with Gasteiger partial charge in [-0.25, -0.2) is 9.78 Å². The van der Waals surface area contributed by atoms with Crippen molar-refractivity contribution in [1.82, 2.24) is 4.98 Å². The highest BCUT2D eigenvalue weighted by Crippen LogP contribution is 2.21. The summed E-state index contributed by atoms with van der Waals surface area (Å²) in [6.45, 7) is 8.44. The van der Waals surface area contributed by atoms with E-state index in [0.29, 0.717) is 12.0 Å². The van der Waals surface area contributed by atoms with E-state index in [4.69, 9.17) is 5.11 Å². The number of carboxylic acids is 1. The van der Waals surface area contributed by atoms with E-state index in [1.165, 1.54) is 6.20 Å². The first-order valence-corrected chi connectivity index (χ1v) is 6.25. The molecule has 1 aromatic rings. The molecule has 0 aliphatic carbocycles. The summed E-state index contributed by atoms with van der Waals surface area (Å²) in [5, 5.41) is 8.91. The fourth-order valence-corrected chi connectivity index (χ4v) is 2.10. The van der Waals surface area contributed by atoms with E-state index in [2.05, 4.69) is 30.7 Å². The predicted molar refractivity (Wildman–Crippen MR) is 73.3 cm³/mol. The van der Waals surface area contributed by atoms with Gasteiger partial charge in [0.25, 0.3) is 0 Å². The highest BCUT2D eigenvalue weighted by Gasteiger charge is 2.16. The first-order valence-electron chi connectivity index (χ1n) is 6.25. The van der Waals surface area contributed by atoms with E-state index >= 15 is 0 Å². The van der Waals surface area contributed by atoms with E-state index < -0.39 is 5.97 Å². The number of carbonyl (C=O) groups is 1. The Morgan fingerprint density at radius 1 is 1.44 bits per heavy atom. The van der Waals surface area contributed by atoms with Gasteiger partial charge in [0.15, 0.2) is 0 Å². The van der Waals surface area contributed by atoms with Gasteiger partial charge in [0.2, 0.25) is 0 Å². The van der Waals surface area contributed by atoms with E-state index in [9.17, 15) is 4.79 Å². The molecule has 100 valence electrons. The van der Waals surface area contributed by atoms with Crippen LogP contribution in [0.25, 0.3) is 0 Å². The van der Waals surface area contributed by atoms with E-state index in [1.54, 1.807) is 6.07 Å². The number of hydrogen-bond donors (Lipinski definition) is 1. The lowest BCUT2D eigenvalue weighted by atomic mass is 10.0. The smallest absolute Gasteiger partial charge is 0.337 e. The Bertz CT molecular complexity index is 430. The minimum Gasteiger partial charge on any atom is -0.478 e. The van der Waals surface area contributed by atoms with Crippen LogP contribution in [0.4, 0.5) is 5.82 Å². The van der Waals surface area contributed by atoms with E-state index in [-0.39, 0.29) is 5.56 Å². The van der Waals surface area contributed by atoms with Crippen molar-refractivity contribution in [2.24, 2.45) is 5.92 Å². The molecule has 18 heavy (non-hydrogen) atoms. The molecule has 0 fully saturated rings. The number of hydrogen-bond acceptors (Lipinski definition) is 3. The number of pyridine rings is 1. The van der Waals surface area contributed by atoms with Crippen LogP contribution >= 0.6 is 0 Å². The van der Waals surface area contributed by atoms with Crippen molar-refractivity contribution in [1.29, 1.82) is 0 Å². The fourth-order valence-electron chi connectivity index (χ4n) is 2.10. The molecule has 0 radical (unpaired) electrons. The number of aromatic carboxylic acids is 1. The summed E-state index contributed by atoms with van der Waals surface area (Å²) in [5.74, 6) is 0.546. The molecule has 1 unspecified atom stereocenters. The van der Waals surface area contributed by atoms with Gasteiger partial charge >= 0.3 is 5.97 Å². The predicted octanol–water partition coefficient (Wildman–Crippen LogP) is 2.96. The first-order chi connectivity index (χ1) is 8.32. The average molecular weight is 250 g/mol. The zero-order valence-corrected chi connectivity index (χ0v) is 11.8. The first kappa shape index (κ1) is 14.5. The minimum atomic E-state index is -0.935. The topological polar surface area (TPSA) is 53.4 Å². The lowest BCUT2D eigenvalue weighted by Crippen LogP contribution is -2.31. The number of aryl methyl sites for hydroxylation is 1. The van der Waals surface area contributed by atoms with Gasteiger partial charge in [-0.3, -0.25) is 0 Å². The number of anilines is 1. The Balaban J connectivity index is 2.92. The monoisotopic (exact) mass is 250 g/mol. The molecular weight excluding hydrogens is 228 g/mol. The summed E-state index contributed by atoms with van der Waals surface area (Å²) < 4.78 is 0. The van der Waals surface area contributed by atoms with Crippen molar-refractivity contribution >= 4 is 11.8 Å². The van der Waals surface area contributed by atoms with Gasteiger partial charge in [0.05, 0.1) is 5.56 Å². The maximum absolute atomic E-state index is 10.9. The van der Waals surface area contributed by atoms with Gasteiger partial charge in [-0.1, -0.05) is 13.8 Å². The van der Waals surface area contributed by atoms with E-state index in [1.807, 2.05) is 14.0 Å². The van der Waals surface area contributed by atoms with Crippen LogP contribution in [0.5, 0.6) is 0 Å². The molecule has 1 N–H and O–H groups in total. The number of carboxylic acid groups (broad SMARTS) is 1. The standard InChI is InChI=1S/C14H22N2O2/c1-9(2)6-11(4)16(5)13-10(3)7-12(8-15-13)14(17)18/h7-9,11H,6H2,1-5H3,(H,17,18). The van der Waals surface area contributed by atoms with Crippen LogP contribution in [0.2, 0.25) is 0 Å². The Kier molecular flexibility index (Phi) is 4.70. The second-order valence-corrected chi connectivity index (χ2v) is 5.26. The lowest BCUT2D eigenvalue weighted by molar-refractivity contribution is 0.0696. The molecule has 0 saturated carbocycles. The van der Waals surface area contributed by atoms with Gasteiger partial charge in [0, 0.05) is 19.3 Å². The normalized spacial score (nSPS) is 12.6. The van der Waals surface area contributed by atoms with Crippen molar-refractivity contribution in [3.63, 3.8) is 0 Å². The molecule has 1 heterocycles. The third-order valence-corrected chi connectivity index (χ3v) is 3.11.